The lowest BCUT2D eigenvalue weighted by Crippen LogP contribution is -2.52. The molecule has 0 saturated carbocycles. The Morgan fingerprint density at radius 1 is 0.839 bits per heavy atom. The Morgan fingerprint density at radius 2 is 1.29 bits per heavy atom. The standard InChI is InChI=1S/C23H34N4O3S/c1-15-14-16(2)25-20(24-15)27-31(29,30)18-12-10-17(11-13-18)26-19(28)23(9,21(3,4)5)22(6,7)8/h10-14H,1-9H3,(H,26,28)(H,24,25,27). The molecule has 0 aliphatic heterocycles. The van der Waals surface area contributed by atoms with Gasteiger partial charge in [0.05, 0.1) is 10.3 Å². The molecular weight excluding hydrogens is 412 g/mol. The fourth-order valence-corrected chi connectivity index (χ4v) is 4.67. The van der Waals surface area contributed by atoms with Gasteiger partial charge in [-0.05, 0) is 61.9 Å². The summed E-state index contributed by atoms with van der Waals surface area (Å²) in [5, 5.41) is 2.96. The minimum atomic E-state index is -3.85. The van der Waals surface area contributed by atoms with Gasteiger partial charge in [0, 0.05) is 17.1 Å². The molecule has 0 aliphatic rings. The number of amides is 1. The van der Waals surface area contributed by atoms with E-state index in [4.69, 9.17) is 0 Å². The summed E-state index contributed by atoms with van der Waals surface area (Å²) in [5.41, 5.74) is 0.648. The Balaban J connectivity index is 2.25. The van der Waals surface area contributed by atoms with E-state index < -0.39 is 15.4 Å². The van der Waals surface area contributed by atoms with Gasteiger partial charge in [-0.2, -0.15) is 0 Å². The average molecular weight is 447 g/mol. The summed E-state index contributed by atoms with van der Waals surface area (Å²) in [6.07, 6.45) is 0. The lowest BCUT2D eigenvalue weighted by Gasteiger charge is -2.49. The molecule has 1 amide bonds. The number of carbonyl (C=O) groups excluding carboxylic acids is 1. The smallest absolute Gasteiger partial charge is 0.264 e. The summed E-state index contributed by atoms with van der Waals surface area (Å²) < 4.78 is 27.8. The van der Waals surface area contributed by atoms with Gasteiger partial charge in [-0.1, -0.05) is 41.5 Å². The zero-order valence-corrected chi connectivity index (χ0v) is 20.7. The van der Waals surface area contributed by atoms with Crippen molar-refractivity contribution in [3.63, 3.8) is 0 Å². The summed E-state index contributed by atoms with van der Waals surface area (Å²) in [6.45, 7) is 17.8. The highest BCUT2D eigenvalue weighted by atomic mass is 32.2. The molecule has 1 heterocycles. The molecule has 0 bridgehead atoms. The van der Waals surface area contributed by atoms with E-state index in [0.29, 0.717) is 17.1 Å². The quantitative estimate of drug-likeness (QED) is 0.678. The van der Waals surface area contributed by atoms with E-state index in [-0.39, 0.29) is 27.6 Å². The van der Waals surface area contributed by atoms with Gasteiger partial charge < -0.3 is 5.32 Å². The van der Waals surface area contributed by atoms with Crippen LogP contribution in [0.2, 0.25) is 0 Å². The second-order valence-corrected chi connectivity index (χ2v) is 11.9. The maximum atomic E-state index is 13.3. The van der Waals surface area contributed by atoms with Gasteiger partial charge in [-0.25, -0.2) is 23.1 Å². The number of aryl methyl sites for hydroxylation is 2. The van der Waals surface area contributed by atoms with E-state index in [1.165, 1.54) is 12.1 Å². The topological polar surface area (TPSA) is 101 Å². The minimum Gasteiger partial charge on any atom is -0.326 e. The van der Waals surface area contributed by atoms with E-state index in [9.17, 15) is 13.2 Å². The van der Waals surface area contributed by atoms with Crippen LogP contribution in [-0.2, 0) is 14.8 Å². The largest absolute Gasteiger partial charge is 0.326 e. The lowest BCUT2D eigenvalue weighted by atomic mass is 9.54. The highest BCUT2D eigenvalue weighted by Crippen LogP contribution is 2.51. The van der Waals surface area contributed by atoms with Crippen LogP contribution < -0.4 is 10.0 Å². The third-order valence-corrected chi connectivity index (χ3v) is 7.43. The van der Waals surface area contributed by atoms with Crippen LogP contribution in [0.1, 0.15) is 59.9 Å². The number of nitrogens with zero attached hydrogens (tertiary/aromatic N) is 2. The van der Waals surface area contributed by atoms with E-state index in [0.717, 1.165) is 0 Å². The number of aromatic nitrogens is 2. The van der Waals surface area contributed by atoms with Gasteiger partial charge in [0.15, 0.2) is 0 Å². The third-order valence-electron chi connectivity index (χ3n) is 6.08. The fourth-order valence-electron chi connectivity index (χ4n) is 3.73. The first-order valence-corrected chi connectivity index (χ1v) is 11.7. The molecule has 2 aromatic rings. The molecule has 2 N–H and O–H groups in total. The molecule has 170 valence electrons. The number of anilines is 2. The number of carbonyl (C=O) groups is 1. The highest BCUT2D eigenvalue weighted by molar-refractivity contribution is 7.92. The lowest BCUT2D eigenvalue weighted by molar-refractivity contribution is -0.140. The Bertz CT molecular complexity index is 1030. The summed E-state index contributed by atoms with van der Waals surface area (Å²) in [4.78, 5) is 21.5. The van der Waals surface area contributed by atoms with Crippen LogP contribution >= 0.6 is 0 Å². The van der Waals surface area contributed by atoms with Crippen molar-refractivity contribution in [1.29, 1.82) is 0 Å². The molecule has 0 aliphatic carbocycles. The summed E-state index contributed by atoms with van der Waals surface area (Å²) in [5.74, 6) is -0.0779. The Labute approximate surface area is 186 Å². The maximum absolute atomic E-state index is 13.3. The van der Waals surface area contributed by atoms with Crippen LogP contribution in [0.5, 0.6) is 0 Å². The van der Waals surface area contributed by atoms with Crippen LogP contribution in [0.15, 0.2) is 35.2 Å². The van der Waals surface area contributed by atoms with Gasteiger partial charge in [0.2, 0.25) is 11.9 Å². The molecule has 0 atom stereocenters. The highest BCUT2D eigenvalue weighted by Gasteiger charge is 2.52. The van der Waals surface area contributed by atoms with Crippen molar-refractivity contribution >= 4 is 27.6 Å². The number of hydrogen-bond acceptors (Lipinski definition) is 5. The van der Waals surface area contributed by atoms with E-state index in [1.54, 1.807) is 32.0 Å². The first kappa shape index (κ1) is 24.8. The first-order valence-electron chi connectivity index (χ1n) is 10.2. The van der Waals surface area contributed by atoms with Crippen molar-refractivity contribution in [3.8, 4) is 0 Å². The summed E-state index contributed by atoms with van der Waals surface area (Å²) in [6, 6.07) is 7.83. The predicted molar refractivity (Wildman–Crippen MR) is 124 cm³/mol. The molecule has 0 radical (unpaired) electrons. The molecule has 1 aromatic heterocycles. The molecule has 8 heteroatoms. The first-order chi connectivity index (χ1) is 14.0. The van der Waals surface area contributed by atoms with Crippen molar-refractivity contribution in [2.24, 2.45) is 16.2 Å². The average Bonchev–Trinajstić information content (AvgIpc) is 2.58. The van der Waals surface area contributed by atoms with Gasteiger partial charge in [-0.3, -0.25) is 4.79 Å². The van der Waals surface area contributed by atoms with E-state index >= 15 is 0 Å². The van der Waals surface area contributed by atoms with Crippen LogP contribution in [0.3, 0.4) is 0 Å². The zero-order valence-electron chi connectivity index (χ0n) is 19.9. The molecule has 2 rings (SSSR count). The molecule has 0 saturated heterocycles. The van der Waals surface area contributed by atoms with Crippen molar-refractivity contribution in [1.82, 2.24) is 9.97 Å². The molecule has 7 nitrogen and oxygen atoms in total. The summed E-state index contributed by atoms with van der Waals surface area (Å²) in [7, 11) is -3.85. The van der Waals surface area contributed by atoms with Crippen molar-refractivity contribution in [3.05, 3.63) is 41.7 Å². The number of benzene rings is 1. The number of hydrogen-bond donors (Lipinski definition) is 2. The van der Waals surface area contributed by atoms with Crippen molar-refractivity contribution in [2.75, 3.05) is 10.0 Å². The SMILES string of the molecule is Cc1cc(C)nc(NS(=O)(=O)c2ccc(NC(=O)C(C)(C(C)(C)C)C(C)(C)C)cc2)n1. The zero-order chi connectivity index (χ0) is 23.8. The number of rotatable bonds is 5. The monoisotopic (exact) mass is 446 g/mol. The van der Waals surface area contributed by atoms with Crippen LogP contribution in [0.25, 0.3) is 0 Å². The minimum absolute atomic E-state index is 0.0287. The van der Waals surface area contributed by atoms with Gasteiger partial charge in [0.25, 0.3) is 10.0 Å². The predicted octanol–water partition coefficient (Wildman–Crippen LogP) is 4.93. The van der Waals surface area contributed by atoms with Crippen molar-refractivity contribution in [2.45, 2.75) is 67.2 Å². The van der Waals surface area contributed by atoms with E-state index in [2.05, 4.69) is 20.0 Å². The fraction of sp³-hybridized carbons (Fsp3) is 0.522. The van der Waals surface area contributed by atoms with Crippen LogP contribution in [0, 0.1) is 30.1 Å². The number of sulfonamides is 1. The van der Waals surface area contributed by atoms with Crippen LogP contribution in [-0.4, -0.2) is 24.3 Å². The van der Waals surface area contributed by atoms with Gasteiger partial charge >= 0.3 is 0 Å². The molecule has 31 heavy (non-hydrogen) atoms. The molecular formula is C23H34N4O3S. The van der Waals surface area contributed by atoms with Gasteiger partial charge in [-0.15, -0.1) is 0 Å². The molecule has 1 aromatic carbocycles. The summed E-state index contributed by atoms with van der Waals surface area (Å²) >= 11 is 0. The Hall–Kier alpha value is -2.48. The molecule has 0 spiro atoms. The van der Waals surface area contributed by atoms with E-state index in [1.807, 2.05) is 48.5 Å². The second kappa shape index (κ2) is 8.22. The Morgan fingerprint density at radius 3 is 1.71 bits per heavy atom. The normalized spacial score (nSPS) is 13.1. The van der Waals surface area contributed by atoms with Crippen molar-refractivity contribution < 1.29 is 13.2 Å². The van der Waals surface area contributed by atoms with Crippen LogP contribution in [0.4, 0.5) is 11.6 Å². The second-order valence-electron chi connectivity index (χ2n) is 10.2. The Kier molecular flexibility index (Phi) is 6.57. The maximum Gasteiger partial charge on any atom is 0.264 e. The van der Waals surface area contributed by atoms with Gasteiger partial charge in [0.1, 0.15) is 0 Å². The molecule has 0 fully saturated rings. The number of nitrogens with one attached hydrogen (secondary N) is 2. The molecule has 0 unspecified atom stereocenters. The third kappa shape index (κ3) is 5.23.